The van der Waals surface area contributed by atoms with Crippen molar-refractivity contribution in [3.8, 4) is 0 Å². The van der Waals surface area contributed by atoms with Gasteiger partial charge < -0.3 is 13.3 Å². The maximum atomic E-state index is 5.94. The lowest BCUT2D eigenvalue weighted by atomic mass is 10.7. The Labute approximate surface area is 167 Å². The van der Waals surface area contributed by atoms with Gasteiger partial charge in [0.15, 0.2) is 0 Å². The van der Waals surface area contributed by atoms with Crippen molar-refractivity contribution in [2.24, 2.45) is 0 Å². The largest absolute Gasteiger partial charge is 0.476 e. The molecule has 0 unspecified atom stereocenters. The molecule has 0 fully saturated rings. The molecule has 0 saturated carbocycles. The van der Waals surface area contributed by atoms with Crippen molar-refractivity contribution >= 4 is 40.4 Å². The van der Waals surface area contributed by atoms with Crippen LogP contribution in [-0.2, 0) is 0 Å². The lowest BCUT2D eigenvalue weighted by Crippen LogP contribution is -2.40. The molecule has 3 heterocycles. The fraction of sp³-hybridized carbons (Fsp3) is 0.429. The van der Waals surface area contributed by atoms with E-state index in [-0.39, 0.29) is 0 Å². The van der Waals surface area contributed by atoms with E-state index in [0.29, 0.717) is 0 Å². The summed E-state index contributed by atoms with van der Waals surface area (Å²) in [6.45, 7) is 20.7. The summed E-state index contributed by atoms with van der Waals surface area (Å²) in [6.07, 6.45) is 4.99. The molecule has 0 bridgehead atoms. The third-order valence-electron chi connectivity index (χ3n) is 3.77. The predicted octanol–water partition coefficient (Wildman–Crippen LogP) is 5.47. The highest BCUT2D eigenvalue weighted by Gasteiger charge is 2.25. The standard InChI is InChI=1S/C10H20OSi2.C7H12OSi.C4H4O/c1-12(2,3)9-7-8-10(11-9)13(4,5)6;1-9(2,3)7-5-4-6-8-7;1-2-4-5-3-1/h7-8H,1-6H3;4-6H,1-3H3;1-4H. The Morgan fingerprint density at radius 3 is 1.15 bits per heavy atom. The van der Waals surface area contributed by atoms with Gasteiger partial charge in [0, 0.05) is 0 Å². The molecule has 0 aliphatic carbocycles. The van der Waals surface area contributed by atoms with Crippen molar-refractivity contribution < 1.29 is 13.3 Å². The first-order valence-electron chi connectivity index (χ1n) is 9.44. The van der Waals surface area contributed by atoms with Crippen LogP contribution >= 0.6 is 0 Å². The molecule has 3 aromatic rings. The van der Waals surface area contributed by atoms with Crippen molar-refractivity contribution in [1.82, 2.24) is 0 Å². The van der Waals surface area contributed by atoms with E-state index >= 15 is 0 Å². The van der Waals surface area contributed by atoms with Crippen LogP contribution in [0, 0.1) is 0 Å². The molecule has 0 amide bonds. The molecular weight excluding hydrogens is 384 g/mol. The van der Waals surface area contributed by atoms with Gasteiger partial charge in [-0.05, 0) is 36.4 Å². The van der Waals surface area contributed by atoms with Crippen LogP contribution in [0.1, 0.15) is 0 Å². The molecule has 0 spiro atoms. The zero-order valence-electron chi connectivity index (χ0n) is 18.4. The highest BCUT2D eigenvalue weighted by Crippen LogP contribution is 2.06. The topological polar surface area (TPSA) is 39.4 Å². The van der Waals surface area contributed by atoms with Gasteiger partial charge in [-0.3, -0.25) is 0 Å². The lowest BCUT2D eigenvalue weighted by molar-refractivity contribution is 0.567. The molecule has 0 aliphatic heterocycles. The van der Waals surface area contributed by atoms with Crippen molar-refractivity contribution in [3.63, 3.8) is 0 Å². The monoisotopic (exact) mass is 420 g/mol. The smallest absolute Gasteiger partial charge is 0.123 e. The van der Waals surface area contributed by atoms with Gasteiger partial charge in [-0.15, -0.1) is 0 Å². The SMILES string of the molecule is C[Si](C)(C)c1ccc([Si](C)(C)C)o1.C[Si](C)(C)c1ccco1.c1ccoc1. The Bertz CT molecular complexity index is 692. The van der Waals surface area contributed by atoms with Crippen LogP contribution in [0.2, 0.25) is 58.9 Å². The molecule has 0 saturated heterocycles. The van der Waals surface area contributed by atoms with Crippen molar-refractivity contribution in [2.75, 3.05) is 0 Å². The summed E-state index contributed by atoms with van der Waals surface area (Å²) >= 11 is 0. The van der Waals surface area contributed by atoms with Gasteiger partial charge in [0.1, 0.15) is 24.2 Å². The van der Waals surface area contributed by atoms with E-state index in [4.69, 9.17) is 8.83 Å². The molecule has 3 nitrogen and oxygen atoms in total. The van der Waals surface area contributed by atoms with Gasteiger partial charge in [-0.25, -0.2) is 0 Å². The molecule has 0 radical (unpaired) electrons. The zero-order valence-corrected chi connectivity index (χ0v) is 21.4. The first-order chi connectivity index (χ1) is 12.3. The Morgan fingerprint density at radius 2 is 0.963 bits per heavy atom. The fourth-order valence-electron chi connectivity index (χ4n) is 2.08. The molecule has 6 heteroatoms. The van der Waals surface area contributed by atoms with Gasteiger partial charge in [-0.1, -0.05) is 58.9 Å². The van der Waals surface area contributed by atoms with Crippen LogP contribution in [0.5, 0.6) is 0 Å². The quantitative estimate of drug-likeness (QED) is 0.527. The summed E-state index contributed by atoms with van der Waals surface area (Å²) in [6, 6.07) is 12.0. The molecule has 3 rings (SSSR count). The first-order valence-corrected chi connectivity index (χ1v) is 19.9. The van der Waals surface area contributed by atoms with Gasteiger partial charge in [0.25, 0.3) is 0 Å². The Balaban J connectivity index is 0.000000224. The van der Waals surface area contributed by atoms with Crippen molar-refractivity contribution in [3.05, 3.63) is 55.2 Å². The van der Waals surface area contributed by atoms with Crippen LogP contribution in [0.3, 0.4) is 0 Å². The van der Waals surface area contributed by atoms with Gasteiger partial charge in [0.2, 0.25) is 0 Å². The summed E-state index contributed by atoms with van der Waals surface area (Å²) < 4.78 is 15.8. The average Bonchev–Trinajstić information content (AvgIpc) is 3.28. The second-order valence-corrected chi connectivity index (χ2v) is 24.7. The average molecular weight is 421 g/mol. The third kappa shape index (κ3) is 8.81. The second kappa shape index (κ2) is 9.61. The summed E-state index contributed by atoms with van der Waals surface area (Å²) in [4.78, 5) is 0. The highest BCUT2D eigenvalue weighted by atomic mass is 28.3. The molecule has 150 valence electrons. The highest BCUT2D eigenvalue weighted by molar-refractivity contribution is 6.90. The molecule has 27 heavy (non-hydrogen) atoms. The van der Waals surface area contributed by atoms with E-state index < -0.39 is 24.2 Å². The number of hydrogen-bond acceptors (Lipinski definition) is 3. The van der Waals surface area contributed by atoms with E-state index in [0.717, 1.165) is 0 Å². The van der Waals surface area contributed by atoms with Crippen molar-refractivity contribution in [2.45, 2.75) is 58.9 Å². The summed E-state index contributed by atoms with van der Waals surface area (Å²) in [7, 11) is -3.62. The summed E-state index contributed by atoms with van der Waals surface area (Å²) in [5.41, 5.74) is 0. The van der Waals surface area contributed by atoms with E-state index in [2.05, 4.69) is 81.5 Å². The Hall–Kier alpha value is -1.51. The van der Waals surface area contributed by atoms with Crippen LogP contribution < -0.4 is 16.2 Å². The normalized spacial score (nSPS) is 11.9. The Kier molecular flexibility index (Phi) is 8.38. The third-order valence-corrected chi connectivity index (χ3v) is 9.03. The van der Waals surface area contributed by atoms with E-state index in [9.17, 15) is 0 Å². The van der Waals surface area contributed by atoms with Crippen LogP contribution in [0.25, 0.3) is 0 Å². The zero-order chi connectivity index (χ0) is 20.7. The molecule has 0 N–H and O–H groups in total. The van der Waals surface area contributed by atoms with Gasteiger partial charge in [0.05, 0.1) is 34.9 Å². The van der Waals surface area contributed by atoms with E-state index in [1.54, 1.807) is 18.8 Å². The van der Waals surface area contributed by atoms with Gasteiger partial charge >= 0.3 is 0 Å². The predicted molar refractivity (Wildman–Crippen MR) is 125 cm³/mol. The minimum atomic E-state index is -1.24. The summed E-state index contributed by atoms with van der Waals surface area (Å²) in [5.74, 6) is 0. The Morgan fingerprint density at radius 1 is 0.519 bits per heavy atom. The fourth-order valence-corrected chi connectivity index (χ4v) is 5.20. The lowest BCUT2D eigenvalue weighted by Gasteiger charge is -2.15. The van der Waals surface area contributed by atoms with Crippen LogP contribution in [0.15, 0.2) is 68.4 Å². The van der Waals surface area contributed by atoms with E-state index in [1.807, 2.05) is 18.2 Å². The molecule has 3 aromatic heterocycles. The second-order valence-electron chi connectivity index (χ2n) is 9.68. The van der Waals surface area contributed by atoms with Crippen LogP contribution in [-0.4, -0.2) is 24.2 Å². The minimum absolute atomic E-state index is 1.15. The summed E-state index contributed by atoms with van der Waals surface area (Å²) in [5, 5.41) is 3.66. The molecule has 0 aromatic carbocycles. The van der Waals surface area contributed by atoms with Gasteiger partial charge in [-0.2, -0.15) is 0 Å². The first kappa shape index (κ1) is 23.5. The number of hydrogen-bond donors (Lipinski definition) is 0. The van der Waals surface area contributed by atoms with E-state index in [1.165, 1.54) is 16.2 Å². The number of furan rings is 3. The molecule has 0 aliphatic rings. The minimum Gasteiger partial charge on any atom is -0.476 e. The van der Waals surface area contributed by atoms with Crippen LogP contribution in [0.4, 0.5) is 0 Å². The maximum absolute atomic E-state index is 5.94. The maximum Gasteiger partial charge on any atom is 0.123 e. The van der Waals surface area contributed by atoms with Crippen molar-refractivity contribution in [1.29, 1.82) is 0 Å². The number of rotatable bonds is 3. The molecular formula is C21H36O3Si3. The molecule has 0 atom stereocenters.